The molecule has 152 valence electrons. The van der Waals surface area contributed by atoms with Crippen molar-refractivity contribution in [2.24, 2.45) is 0 Å². The number of likely N-dealkylation sites (tertiary alicyclic amines) is 1. The lowest BCUT2D eigenvalue weighted by Gasteiger charge is -2.15. The van der Waals surface area contributed by atoms with Gasteiger partial charge in [0.25, 0.3) is 0 Å². The lowest BCUT2D eigenvalue weighted by Crippen LogP contribution is -2.29. The minimum atomic E-state index is 0.226. The van der Waals surface area contributed by atoms with E-state index in [4.69, 9.17) is 9.97 Å². The summed E-state index contributed by atoms with van der Waals surface area (Å²) < 4.78 is 0. The molecule has 1 amide bonds. The summed E-state index contributed by atoms with van der Waals surface area (Å²) in [5, 5.41) is 3.49. The summed E-state index contributed by atoms with van der Waals surface area (Å²) in [5.74, 6) is 1.84. The first-order valence-electron chi connectivity index (χ1n) is 10.7. The van der Waals surface area contributed by atoms with Gasteiger partial charge in [-0.1, -0.05) is 12.1 Å². The van der Waals surface area contributed by atoms with Gasteiger partial charge in [0.15, 0.2) is 5.82 Å². The molecular weight excluding hydrogens is 374 g/mol. The molecule has 3 heterocycles. The van der Waals surface area contributed by atoms with Gasteiger partial charge in [0.1, 0.15) is 5.82 Å². The number of hydrogen-bond donors (Lipinski definition) is 1. The van der Waals surface area contributed by atoms with Crippen LogP contribution in [0.2, 0.25) is 0 Å². The van der Waals surface area contributed by atoms with Crippen LogP contribution in [-0.4, -0.2) is 38.8 Å². The topological polar surface area (TPSA) is 71.0 Å². The highest BCUT2D eigenvalue weighted by Gasteiger charge is 2.21. The lowest BCUT2D eigenvalue weighted by atomic mass is 10.1. The molecule has 6 nitrogen and oxygen atoms in total. The summed E-state index contributed by atoms with van der Waals surface area (Å²) in [7, 11) is 0. The maximum Gasteiger partial charge on any atom is 0.226 e. The Hall–Kier alpha value is -3.28. The van der Waals surface area contributed by atoms with Gasteiger partial charge in [0.05, 0.1) is 6.42 Å². The number of rotatable bonds is 5. The first-order valence-corrected chi connectivity index (χ1v) is 10.7. The second kappa shape index (κ2) is 8.22. The van der Waals surface area contributed by atoms with E-state index in [0.717, 1.165) is 79.3 Å². The number of hydrogen-bond acceptors (Lipinski definition) is 5. The lowest BCUT2D eigenvalue weighted by molar-refractivity contribution is -0.129. The Bertz CT molecular complexity index is 1040. The highest BCUT2D eigenvalue weighted by molar-refractivity contribution is 5.79. The number of nitrogens with zero attached hydrogens (tertiary/aromatic N) is 4. The monoisotopic (exact) mass is 399 g/mol. The number of nitrogens with one attached hydrogen (secondary N) is 1. The van der Waals surface area contributed by atoms with Gasteiger partial charge in [-0.25, -0.2) is 9.97 Å². The molecule has 3 aromatic rings. The molecule has 1 N–H and O–H groups in total. The highest BCUT2D eigenvalue weighted by Crippen LogP contribution is 2.31. The molecule has 1 aliphatic heterocycles. The maximum atomic E-state index is 12.4. The Labute approximate surface area is 176 Å². The molecule has 6 heteroatoms. The maximum absolute atomic E-state index is 12.4. The van der Waals surface area contributed by atoms with E-state index in [1.165, 1.54) is 5.56 Å². The van der Waals surface area contributed by atoms with Crippen molar-refractivity contribution in [1.29, 1.82) is 0 Å². The number of carbonyl (C=O) groups is 1. The van der Waals surface area contributed by atoms with Gasteiger partial charge < -0.3 is 10.2 Å². The quantitative estimate of drug-likeness (QED) is 0.704. The van der Waals surface area contributed by atoms with Crippen molar-refractivity contribution in [3.8, 4) is 11.4 Å². The number of amides is 1. The number of benzene rings is 1. The van der Waals surface area contributed by atoms with Crippen LogP contribution in [0.3, 0.4) is 0 Å². The summed E-state index contributed by atoms with van der Waals surface area (Å²) in [5.41, 5.74) is 5.33. The molecule has 0 unspecified atom stereocenters. The van der Waals surface area contributed by atoms with E-state index >= 15 is 0 Å². The molecule has 0 bridgehead atoms. The molecule has 0 saturated carbocycles. The van der Waals surface area contributed by atoms with Crippen molar-refractivity contribution < 1.29 is 4.79 Å². The van der Waals surface area contributed by atoms with Crippen molar-refractivity contribution >= 4 is 17.4 Å². The van der Waals surface area contributed by atoms with Crippen LogP contribution in [0.1, 0.15) is 36.1 Å². The van der Waals surface area contributed by atoms with E-state index in [2.05, 4.69) is 10.3 Å². The number of aromatic nitrogens is 3. The zero-order valence-electron chi connectivity index (χ0n) is 17.0. The Morgan fingerprint density at radius 1 is 0.933 bits per heavy atom. The highest BCUT2D eigenvalue weighted by atomic mass is 16.2. The van der Waals surface area contributed by atoms with Crippen LogP contribution in [-0.2, 0) is 24.1 Å². The Kier molecular flexibility index (Phi) is 5.13. The van der Waals surface area contributed by atoms with Crippen LogP contribution < -0.4 is 5.32 Å². The van der Waals surface area contributed by atoms with Gasteiger partial charge >= 0.3 is 0 Å². The van der Waals surface area contributed by atoms with Crippen molar-refractivity contribution in [3.05, 3.63) is 65.6 Å². The largest absolute Gasteiger partial charge is 0.342 e. The average molecular weight is 399 g/mol. The molecule has 2 aromatic heterocycles. The summed E-state index contributed by atoms with van der Waals surface area (Å²) in [6.07, 6.45) is 9.34. The van der Waals surface area contributed by atoms with Crippen molar-refractivity contribution in [2.75, 3.05) is 18.4 Å². The fraction of sp³-hybridized carbons (Fsp3) is 0.333. The van der Waals surface area contributed by atoms with Gasteiger partial charge in [0.2, 0.25) is 5.91 Å². The fourth-order valence-electron chi connectivity index (χ4n) is 4.26. The minimum absolute atomic E-state index is 0.226. The smallest absolute Gasteiger partial charge is 0.226 e. The van der Waals surface area contributed by atoms with Gasteiger partial charge in [-0.05, 0) is 61.9 Å². The number of fused-ring (bicyclic) bond motifs is 1. The second-order valence-electron chi connectivity index (χ2n) is 8.00. The molecule has 30 heavy (non-hydrogen) atoms. The summed E-state index contributed by atoms with van der Waals surface area (Å²) in [4.78, 5) is 28.0. The number of aryl methyl sites for hydroxylation is 1. The zero-order valence-corrected chi connectivity index (χ0v) is 17.0. The third-order valence-corrected chi connectivity index (χ3v) is 5.90. The molecule has 1 fully saturated rings. The Morgan fingerprint density at radius 3 is 2.47 bits per heavy atom. The van der Waals surface area contributed by atoms with E-state index in [9.17, 15) is 4.79 Å². The molecular formula is C24H25N5O. The van der Waals surface area contributed by atoms with E-state index in [-0.39, 0.29) is 5.91 Å². The molecule has 0 atom stereocenters. The second-order valence-corrected chi connectivity index (χ2v) is 8.00. The van der Waals surface area contributed by atoms with Crippen molar-refractivity contribution in [3.63, 3.8) is 0 Å². The summed E-state index contributed by atoms with van der Waals surface area (Å²) in [6, 6.07) is 12.0. The number of pyridine rings is 1. The third kappa shape index (κ3) is 3.90. The first kappa shape index (κ1) is 18.7. The molecule has 2 aliphatic rings. The van der Waals surface area contributed by atoms with Gasteiger partial charge in [0, 0.05) is 48.0 Å². The molecule has 0 spiro atoms. The van der Waals surface area contributed by atoms with Gasteiger partial charge in [-0.3, -0.25) is 9.78 Å². The fourth-order valence-corrected chi connectivity index (χ4v) is 4.26. The van der Waals surface area contributed by atoms with E-state index < -0.39 is 0 Å². The normalized spacial score (nSPS) is 15.3. The molecule has 1 aliphatic carbocycles. The van der Waals surface area contributed by atoms with E-state index in [0.29, 0.717) is 6.42 Å². The molecule has 1 aromatic carbocycles. The van der Waals surface area contributed by atoms with Gasteiger partial charge in [-0.2, -0.15) is 0 Å². The Balaban J connectivity index is 1.35. The van der Waals surface area contributed by atoms with Crippen LogP contribution >= 0.6 is 0 Å². The first-order chi connectivity index (χ1) is 14.8. The SMILES string of the molecule is O=C(Cc1ccc(Nc2nc(-c3ccncc3)nc3c2CCC3)cc1)N1CCCC1. The van der Waals surface area contributed by atoms with Crippen LogP contribution in [0.5, 0.6) is 0 Å². The Morgan fingerprint density at radius 2 is 1.70 bits per heavy atom. The predicted molar refractivity (Wildman–Crippen MR) is 117 cm³/mol. The van der Waals surface area contributed by atoms with E-state index in [1.807, 2.05) is 41.3 Å². The summed E-state index contributed by atoms with van der Waals surface area (Å²) >= 11 is 0. The summed E-state index contributed by atoms with van der Waals surface area (Å²) in [6.45, 7) is 1.80. The zero-order chi connectivity index (χ0) is 20.3. The standard InChI is InChI=1S/C24H25N5O/c30-22(29-14-1-2-15-29)16-17-6-8-19(9-7-17)26-24-20-4-3-5-21(20)27-23(28-24)18-10-12-25-13-11-18/h6-13H,1-5,14-16H2,(H,26,27,28). The third-order valence-electron chi connectivity index (χ3n) is 5.90. The molecule has 1 saturated heterocycles. The van der Waals surface area contributed by atoms with Crippen LogP contribution in [0.15, 0.2) is 48.8 Å². The number of anilines is 2. The van der Waals surface area contributed by atoms with Crippen LogP contribution in [0.4, 0.5) is 11.5 Å². The van der Waals surface area contributed by atoms with Crippen molar-refractivity contribution in [2.45, 2.75) is 38.5 Å². The van der Waals surface area contributed by atoms with Crippen LogP contribution in [0.25, 0.3) is 11.4 Å². The average Bonchev–Trinajstić information content (AvgIpc) is 3.48. The number of carbonyl (C=O) groups excluding carboxylic acids is 1. The van der Waals surface area contributed by atoms with Crippen molar-refractivity contribution in [1.82, 2.24) is 19.9 Å². The minimum Gasteiger partial charge on any atom is -0.342 e. The molecule has 0 radical (unpaired) electrons. The molecule has 5 rings (SSSR count). The van der Waals surface area contributed by atoms with Crippen LogP contribution in [0, 0.1) is 0 Å². The van der Waals surface area contributed by atoms with E-state index in [1.54, 1.807) is 12.4 Å². The predicted octanol–water partition coefficient (Wildman–Crippen LogP) is 3.94. The van der Waals surface area contributed by atoms with Gasteiger partial charge in [-0.15, -0.1) is 0 Å².